The van der Waals surface area contributed by atoms with E-state index in [0.29, 0.717) is 44.1 Å². The maximum absolute atomic E-state index is 16.0. The number of rotatable bonds is 5. The first kappa shape index (κ1) is 23.5. The van der Waals surface area contributed by atoms with Crippen LogP contribution in [0.25, 0.3) is 55.2 Å². The molecule has 0 unspecified atom stereocenters. The van der Waals surface area contributed by atoms with E-state index in [4.69, 9.17) is 0 Å². The summed E-state index contributed by atoms with van der Waals surface area (Å²) in [5.74, 6) is -0.325. The second-order valence-electron chi connectivity index (χ2n) is 9.49. The van der Waals surface area contributed by atoms with E-state index in [1.807, 2.05) is 0 Å². The highest BCUT2D eigenvalue weighted by Crippen LogP contribution is 2.36. The van der Waals surface area contributed by atoms with Crippen LogP contribution in [-0.4, -0.2) is 41.0 Å². The fourth-order valence-corrected chi connectivity index (χ4v) is 5.84. The van der Waals surface area contributed by atoms with Crippen LogP contribution in [-0.2, 0) is 4.79 Å². The van der Waals surface area contributed by atoms with E-state index in [9.17, 15) is 9.18 Å². The summed E-state index contributed by atoms with van der Waals surface area (Å²) in [5, 5.41) is 9.93. The number of imidazole rings is 1. The Morgan fingerprint density at radius 3 is 2.67 bits per heavy atom. The highest BCUT2D eigenvalue weighted by molar-refractivity contribution is 7.14. The Hall–Kier alpha value is -4.58. The summed E-state index contributed by atoms with van der Waals surface area (Å²) >= 11 is 0.996. The molecule has 1 aliphatic rings. The highest BCUT2D eigenvalue weighted by atomic mass is 32.1. The lowest BCUT2D eigenvalue weighted by Crippen LogP contribution is -2.20. The van der Waals surface area contributed by atoms with E-state index in [-0.39, 0.29) is 33.7 Å². The number of thiophene rings is 1. The number of aromatic amines is 2. The number of amides is 1. The smallest absolute Gasteiger partial charge is 0.227 e. The predicted molar refractivity (Wildman–Crippen MR) is 144 cm³/mol. The fraction of sp³-hybridized carbons (Fsp3) is 0.185. The number of carbonyl (C=O) groups excluding carboxylic acids is 1. The van der Waals surface area contributed by atoms with Crippen molar-refractivity contribution in [3.8, 4) is 33.2 Å². The van der Waals surface area contributed by atoms with E-state index in [1.165, 1.54) is 24.7 Å². The van der Waals surface area contributed by atoms with E-state index >= 15 is 4.39 Å². The predicted octanol–water partition coefficient (Wildman–Crippen LogP) is 6.09. The number of aromatic nitrogens is 7. The minimum Gasteiger partial charge on any atom is -0.335 e. The molecule has 7 rings (SSSR count). The number of H-pyrrole nitrogens is 2. The van der Waals surface area contributed by atoms with E-state index < -0.39 is 5.82 Å². The summed E-state index contributed by atoms with van der Waals surface area (Å²) in [5.41, 5.74) is 3.48. The molecule has 0 bridgehead atoms. The van der Waals surface area contributed by atoms with Crippen LogP contribution < -0.4 is 5.32 Å². The molecule has 0 aliphatic heterocycles. The largest absolute Gasteiger partial charge is 0.335 e. The number of nitrogens with zero attached hydrogens (tertiary/aromatic N) is 5. The summed E-state index contributed by atoms with van der Waals surface area (Å²) in [7, 11) is 0. The standard InChI is InChI=1S/C27H20F2N8OS/c28-20-6-5-19(39-20)16-10-31-11-18-24(16)35-26(34-18)25-21-17(36-37-25)12-32-23(22(21)29)14-7-15(9-30-8-14)33-27(38)13-3-1-2-4-13/h5-13H,1-4H2,(H,33,38)(H,34,35)(H,36,37). The average Bonchev–Trinajstić information content (AvgIpc) is 3.75. The molecule has 0 spiro atoms. The zero-order valence-corrected chi connectivity index (χ0v) is 21.1. The molecule has 6 heterocycles. The van der Waals surface area contributed by atoms with Crippen molar-refractivity contribution in [1.82, 2.24) is 35.1 Å². The van der Waals surface area contributed by atoms with E-state index in [2.05, 4.69) is 40.4 Å². The molecule has 6 aromatic heterocycles. The number of fused-ring (bicyclic) bond motifs is 2. The van der Waals surface area contributed by atoms with Gasteiger partial charge in [-0.25, -0.2) is 9.37 Å². The maximum Gasteiger partial charge on any atom is 0.227 e. The molecule has 0 saturated heterocycles. The third kappa shape index (κ3) is 4.13. The lowest BCUT2D eigenvalue weighted by atomic mass is 10.1. The molecule has 1 amide bonds. The maximum atomic E-state index is 16.0. The second kappa shape index (κ2) is 9.31. The molecule has 0 atom stereocenters. The van der Waals surface area contributed by atoms with Crippen molar-refractivity contribution in [3.63, 3.8) is 0 Å². The molecule has 194 valence electrons. The minimum absolute atomic E-state index is 0.00767. The fourth-order valence-electron chi connectivity index (χ4n) is 5.10. The monoisotopic (exact) mass is 542 g/mol. The molecule has 6 aromatic rings. The Labute approximate surface area is 223 Å². The van der Waals surface area contributed by atoms with Crippen molar-refractivity contribution < 1.29 is 13.6 Å². The zero-order chi connectivity index (χ0) is 26.5. The van der Waals surface area contributed by atoms with Gasteiger partial charge in [-0.05, 0) is 31.0 Å². The van der Waals surface area contributed by atoms with Crippen LogP contribution in [0.15, 0.2) is 49.2 Å². The lowest BCUT2D eigenvalue weighted by Gasteiger charge is -2.11. The van der Waals surface area contributed by atoms with Crippen LogP contribution >= 0.6 is 11.3 Å². The molecule has 3 N–H and O–H groups in total. The number of pyridine rings is 3. The zero-order valence-electron chi connectivity index (χ0n) is 20.3. The molecule has 9 nitrogen and oxygen atoms in total. The van der Waals surface area contributed by atoms with Gasteiger partial charge in [0.25, 0.3) is 0 Å². The first-order valence-corrected chi connectivity index (χ1v) is 13.3. The molecule has 1 fully saturated rings. The Bertz CT molecular complexity index is 1870. The molecular weight excluding hydrogens is 522 g/mol. The topological polar surface area (TPSA) is 125 Å². The van der Waals surface area contributed by atoms with Crippen molar-refractivity contribution in [2.24, 2.45) is 5.92 Å². The Morgan fingerprint density at radius 1 is 1.00 bits per heavy atom. The first-order chi connectivity index (χ1) is 19.0. The van der Waals surface area contributed by atoms with Crippen LogP contribution in [0, 0.1) is 16.9 Å². The van der Waals surface area contributed by atoms with Crippen LogP contribution in [0.3, 0.4) is 0 Å². The van der Waals surface area contributed by atoms with Crippen molar-refractivity contribution >= 4 is 44.9 Å². The molecule has 12 heteroatoms. The van der Waals surface area contributed by atoms with Gasteiger partial charge in [0, 0.05) is 34.3 Å². The highest BCUT2D eigenvalue weighted by Gasteiger charge is 2.24. The van der Waals surface area contributed by atoms with Gasteiger partial charge in [-0.1, -0.05) is 12.8 Å². The SMILES string of the molecule is O=C(Nc1cncc(-c2ncc3[nH]nc(-c4nc5c(-c6ccc(F)s6)cncc5[nH]4)c3c2F)c1)C1CCCC1. The quantitative estimate of drug-likeness (QED) is 0.242. The average molecular weight is 543 g/mol. The summed E-state index contributed by atoms with van der Waals surface area (Å²) < 4.78 is 29.7. The Kier molecular flexibility index (Phi) is 5.62. The molecule has 1 aliphatic carbocycles. The third-order valence-corrected chi connectivity index (χ3v) is 7.91. The van der Waals surface area contributed by atoms with Gasteiger partial charge >= 0.3 is 0 Å². The first-order valence-electron chi connectivity index (χ1n) is 12.4. The molecular formula is C27H20F2N8OS. The van der Waals surface area contributed by atoms with E-state index in [0.717, 1.165) is 37.0 Å². The number of nitrogens with one attached hydrogen (secondary N) is 3. The normalized spacial score (nSPS) is 14.0. The van der Waals surface area contributed by atoms with Crippen LogP contribution in [0.2, 0.25) is 0 Å². The molecule has 1 saturated carbocycles. The van der Waals surface area contributed by atoms with E-state index in [1.54, 1.807) is 24.5 Å². The van der Waals surface area contributed by atoms with Crippen LogP contribution in [0.1, 0.15) is 25.7 Å². The molecule has 39 heavy (non-hydrogen) atoms. The van der Waals surface area contributed by atoms with Gasteiger partial charge in [-0.3, -0.25) is 24.8 Å². The summed E-state index contributed by atoms with van der Waals surface area (Å²) in [6.07, 6.45) is 11.6. The number of halogens is 2. The molecule has 0 aromatic carbocycles. The van der Waals surface area contributed by atoms with Gasteiger partial charge in [0.1, 0.15) is 16.9 Å². The second-order valence-corrected chi connectivity index (χ2v) is 10.5. The number of anilines is 1. The summed E-state index contributed by atoms with van der Waals surface area (Å²) in [4.78, 5) is 33.9. The number of carbonyl (C=O) groups is 1. The molecule has 0 radical (unpaired) electrons. The van der Waals surface area contributed by atoms with Gasteiger partial charge in [0.05, 0.1) is 40.7 Å². The van der Waals surface area contributed by atoms with Crippen molar-refractivity contribution in [2.45, 2.75) is 25.7 Å². The minimum atomic E-state index is -0.601. The lowest BCUT2D eigenvalue weighted by molar-refractivity contribution is -0.119. The van der Waals surface area contributed by atoms with Gasteiger partial charge in [-0.2, -0.15) is 9.49 Å². The number of hydrogen-bond donors (Lipinski definition) is 3. The van der Waals surface area contributed by atoms with Gasteiger partial charge in [0.15, 0.2) is 16.8 Å². The van der Waals surface area contributed by atoms with Crippen molar-refractivity contribution in [1.29, 1.82) is 0 Å². The van der Waals surface area contributed by atoms with Gasteiger partial charge in [-0.15, -0.1) is 11.3 Å². The number of hydrogen-bond acceptors (Lipinski definition) is 7. The van der Waals surface area contributed by atoms with Crippen LogP contribution in [0.4, 0.5) is 14.5 Å². The third-order valence-electron chi connectivity index (χ3n) is 7.01. The summed E-state index contributed by atoms with van der Waals surface area (Å²) in [6, 6.07) is 4.72. The van der Waals surface area contributed by atoms with Crippen LogP contribution in [0.5, 0.6) is 0 Å². The van der Waals surface area contributed by atoms with Crippen molar-refractivity contribution in [3.05, 3.63) is 60.1 Å². The van der Waals surface area contributed by atoms with Gasteiger partial charge < -0.3 is 10.3 Å². The Morgan fingerprint density at radius 2 is 1.85 bits per heavy atom. The van der Waals surface area contributed by atoms with Crippen molar-refractivity contribution in [2.75, 3.05) is 5.32 Å². The van der Waals surface area contributed by atoms with Gasteiger partial charge in [0.2, 0.25) is 5.91 Å². The Balaban J connectivity index is 1.28. The summed E-state index contributed by atoms with van der Waals surface area (Å²) in [6.45, 7) is 0.